The van der Waals surface area contributed by atoms with Crippen LogP contribution in [0.1, 0.15) is 46.4 Å². The molecular weight excluding hydrogens is 494 g/mol. The number of nitrogens with one attached hydrogen (secondary N) is 1. The minimum atomic E-state index is -4.46. The van der Waals surface area contributed by atoms with E-state index in [4.69, 9.17) is 9.47 Å². The molecule has 37 heavy (non-hydrogen) atoms. The summed E-state index contributed by atoms with van der Waals surface area (Å²) < 4.78 is 64.5. The maximum Gasteiger partial charge on any atom is 0.416 e. The van der Waals surface area contributed by atoms with Gasteiger partial charge in [-0.3, -0.25) is 4.79 Å². The molecule has 0 bridgehead atoms. The number of halogens is 4. The zero-order chi connectivity index (χ0) is 26.2. The number of aromatic nitrogens is 2. The molecule has 1 N–H and O–H groups in total. The third-order valence-electron chi connectivity index (χ3n) is 7.20. The van der Waals surface area contributed by atoms with Gasteiger partial charge in [0, 0.05) is 42.9 Å². The number of amides is 1. The average Bonchev–Trinajstić information content (AvgIpc) is 2.89. The van der Waals surface area contributed by atoms with Gasteiger partial charge in [0.05, 0.1) is 18.7 Å². The molecule has 3 aliphatic heterocycles. The summed E-state index contributed by atoms with van der Waals surface area (Å²) in [5.41, 5.74) is 0.430. The highest BCUT2D eigenvalue weighted by molar-refractivity contribution is 5.94. The van der Waals surface area contributed by atoms with Crippen molar-refractivity contribution in [2.24, 2.45) is 0 Å². The van der Waals surface area contributed by atoms with Crippen molar-refractivity contribution < 1.29 is 31.8 Å². The van der Waals surface area contributed by atoms with Crippen LogP contribution in [0, 0.1) is 6.92 Å². The van der Waals surface area contributed by atoms with Crippen molar-refractivity contribution in [2.75, 3.05) is 37.9 Å². The number of piperidine rings is 1. The van der Waals surface area contributed by atoms with Crippen molar-refractivity contribution in [3.8, 4) is 5.75 Å². The first kappa shape index (κ1) is 25.7. The van der Waals surface area contributed by atoms with E-state index in [2.05, 4.69) is 15.3 Å². The molecule has 2 atom stereocenters. The first-order chi connectivity index (χ1) is 17.7. The van der Waals surface area contributed by atoms with Crippen LogP contribution in [0.2, 0.25) is 0 Å². The third kappa shape index (κ3) is 5.49. The van der Waals surface area contributed by atoms with E-state index < -0.39 is 17.9 Å². The molecule has 1 amide bonds. The van der Waals surface area contributed by atoms with E-state index in [9.17, 15) is 22.4 Å². The number of ether oxygens (including phenoxy) is 2. The molecule has 8 nitrogen and oxygen atoms in total. The molecule has 2 fully saturated rings. The van der Waals surface area contributed by atoms with Crippen LogP contribution in [0.15, 0.2) is 24.5 Å². The number of nitrogens with zero attached hydrogens (tertiary/aromatic N) is 4. The monoisotopic (exact) mass is 523 g/mol. The molecule has 2 saturated heterocycles. The van der Waals surface area contributed by atoms with Gasteiger partial charge < -0.3 is 24.6 Å². The van der Waals surface area contributed by atoms with E-state index >= 15 is 0 Å². The Bertz CT molecular complexity index is 1140. The van der Waals surface area contributed by atoms with Crippen LogP contribution in [0.3, 0.4) is 0 Å². The quantitative estimate of drug-likeness (QED) is 0.615. The number of benzene rings is 1. The van der Waals surface area contributed by atoms with Gasteiger partial charge in [0.15, 0.2) is 6.73 Å². The molecule has 12 heteroatoms. The van der Waals surface area contributed by atoms with Crippen LogP contribution in [-0.4, -0.2) is 72.1 Å². The lowest BCUT2D eigenvalue weighted by molar-refractivity contribution is -0.137. The molecule has 4 heterocycles. The van der Waals surface area contributed by atoms with Crippen LogP contribution in [0.25, 0.3) is 0 Å². The first-order valence-corrected chi connectivity index (χ1v) is 12.4. The standard InChI is InChI=1S/C25H29F4N5O3/c1-15-22(24(35)33-7-4-18(5-8-33)32-20-6-9-36-12-19(20)26)30-13-31-23(15)34-11-16-10-17(25(27,28)29)2-3-21(16)37-14-34/h2-3,10,13,18-20,32H,4-9,11-12,14H2,1H3/t19-,20+/m1/s1. The van der Waals surface area contributed by atoms with Gasteiger partial charge in [-0.15, -0.1) is 0 Å². The fraction of sp³-hybridized carbons (Fsp3) is 0.560. The Kier molecular flexibility index (Phi) is 7.21. The van der Waals surface area contributed by atoms with Crippen molar-refractivity contribution in [1.82, 2.24) is 20.2 Å². The molecule has 0 saturated carbocycles. The fourth-order valence-corrected chi connectivity index (χ4v) is 5.12. The summed E-state index contributed by atoms with van der Waals surface area (Å²) in [4.78, 5) is 25.3. The van der Waals surface area contributed by atoms with Gasteiger partial charge in [-0.25, -0.2) is 14.4 Å². The summed E-state index contributed by atoms with van der Waals surface area (Å²) in [7, 11) is 0. The number of carbonyl (C=O) groups is 1. The fourth-order valence-electron chi connectivity index (χ4n) is 5.12. The number of likely N-dealkylation sites (tertiary alicyclic amines) is 1. The zero-order valence-corrected chi connectivity index (χ0v) is 20.4. The maximum atomic E-state index is 14.1. The normalized spacial score (nSPS) is 22.9. The number of carbonyl (C=O) groups excluding carboxylic acids is 1. The zero-order valence-electron chi connectivity index (χ0n) is 20.4. The molecule has 200 valence electrons. The minimum Gasteiger partial charge on any atom is -0.473 e. The Hall–Kier alpha value is -2.99. The van der Waals surface area contributed by atoms with Crippen LogP contribution < -0.4 is 15.0 Å². The Balaban J connectivity index is 1.25. The lowest BCUT2D eigenvalue weighted by atomic mass is 10.00. The smallest absolute Gasteiger partial charge is 0.416 e. The van der Waals surface area contributed by atoms with Crippen molar-refractivity contribution >= 4 is 11.7 Å². The summed E-state index contributed by atoms with van der Waals surface area (Å²) in [6, 6.07) is 3.30. The summed E-state index contributed by atoms with van der Waals surface area (Å²) in [5.74, 6) is 0.599. The van der Waals surface area contributed by atoms with Gasteiger partial charge in [-0.1, -0.05) is 0 Å². The SMILES string of the molecule is Cc1c(C(=O)N2CCC(N[C@H]3CCOC[C@H]3F)CC2)ncnc1N1COc2ccc(C(F)(F)F)cc2C1. The molecule has 0 unspecified atom stereocenters. The van der Waals surface area contributed by atoms with Crippen molar-refractivity contribution in [1.29, 1.82) is 0 Å². The summed E-state index contributed by atoms with van der Waals surface area (Å²) in [6.45, 7) is 3.65. The predicted molar refractivity (Wildman–Crippen MR) is 126 cm³/mol. The Morgan fingerprint density at radius 2 is 1.95 bits per heavy atom. The minimum absolute atomic E-state index is 0.0860. The number of alkyl halides is 4. The van der Waals surface area contributed by atoms with E-state index in [1.807, 2.05) is 0 Å². The highest BCUT2D eigenvalue weighted by atomic mass is 19.4. The van der Waals surface area contributed by atoms with Gasteiger partial charge >= 0.3 is 6.18 Å². The molecule has 0 radical (unpaired) electrons. The van der Waals surface area contributed by atoms with Crippen LogP contribution in [0.5, 0.6) is 5.75 Å². The Morgan fingerprint density at radius 3 is 2.68 bits per heavy atom. The molecule has 3 aliphatic rings. The maximum absolute atomic E-state index is 14.1. The van der Waals surface area contributed by atoms with Gasteiger partial charge in [0.2, 0.25) is 0 Å². The van der Waals surface area contributed by atoms with E-state index in [1.54, 1.807) is 16.7 Å². The topological polar surface area (TPSA) is 79.8 Å². The largest absolute Gasteiger partial charge is 0.473 e. The van der Waals surface area contributed by atoms with Gasteiger partial charge in [-0.05, 0) is 44.4 Å². The number of rotatable bonds is 4. The van der Waals surface area contributed by atoms with Gasteiger partial charge in [0.1, 0.15) is 29.8 Å². The Morgan fingerprint density at radius 1 is 1.16 bits per heavy atom. The summed E-state index contributed by atoms with van der Waals surface area (Å²) in [6.07, 6.45) is -2.16. The van der Waals surface area contributed by atoms with E-state index in [1.165, 1.54) is 12.4 Å². The third-order valence-corrected chi connectivity index (χ3v) is 7.20. The second kappa shape index (κ2) is 10.4. The molecule has 1 aromatic carbocycles. The van der Waals surface area contributed by atoms with Crippen LogP contribution in [-0.2, 0) is 17.5 Å². The predicted octanol–water partition coefficient (Wildman–Crippen LogP) is 3.48. The second-order valence-corrected chi connectivity index (χ2v) is 9.68. The van der Waals surface area contributed by atoms with Gasteiger partial charge in [-0.2, -0.15) is 13.2 Å². The van der Waals surface area contributed by atoms with Crippen molar-refractivity contribution in [3.05, 3.63) is 46.9 Å². The lowest BCUT2D eigenvalue weighted by Crippen LogP contribution is -2.52. The van der Waals surface area contributed by atoms with Crippen LogP contribution >= 0.6 is 0 Å². The summed E-state index contributed by atoms with van der Waals surface area (Å²) >= 11 is 0. The van der Waals surface area contributed by atoms with Crippen molar-refractivity contribution in [2.45, 2.75) is 57.2 Å². The second-order valence-electron chi connectivity index (χ2n) is 9.68. The summed E-state index contributed by atoms with van der Waals surface area (Å²) in [5, 5.41) is 3.38. The number of fused-ring (bicyclic) bond motifs is 1. The number of hydrogen-bond donors (Lipinski definition) is 1. The average molecular weight is 524 g/mol. The van der Waals surface area contributed by atoms with Crippen LogP contribution in [0.4, 0.5) is 23.4 Å². The van der Waals surface area contributed by atoms with E-state index in [0.29, 0.717) is 61.7 Å². The highest BCUT2D eigenvalue weighted by Gasteiger charge is 2.34. The number of hydrogen-bond acceptors (Lipinski definition) is 7. The first-order valence-electron chi connectivity index (χ1n) is 12.4. The highest BCUT2D eigenvalue weighted by Crippen LogP contribution is 2.35. The molecule has 5 rings (SSSR count). The number of anilines is 1. The molecule has 0 aliphatic carbocycles. The Labute approximate surface area is 212 Å². The molecule has 1 aromatic heterocycles. The van der Waals surface area contributed by atoms with Gasteiger partial charge in [0.25, 0.3) is 5.91 Å². The lowest BCUT2D eigenvalue weighted by Gasteiger charge is -2.36. The molecule has 0 spiro atoms. The van der Waals surface area contributed by atoms with E-state index in [0.717, 1.165) is 12.1 Å². The molecular formula is C25H29F4N5O3. The molecule has 2 aromatic rings. The van der Waals surface area contributed by atoms with E-state index in [-0.39, 0.29) is 43.6 Å². The van der Waals surface area contributed by atoms with Crippen molar-refractivity contribution in [3.63, 3.8) is 0 Å².